The molecule has 2 aromatic heterocycles. The summed E-state index contributed by atoms with van der Waals surface area (Å²) in [5, 5.41) is 0. The van der Waals surface area contributed by atoms with E-state index in [0.717, 1.165) is 67.3 Å². The smallest absolute Gasteiger partial charge is 0.252 e. The fourth-order valence-corrected chi connectivity index (χ4v) is 16.7. The molecule has 20 rings (SSSR count). The second-order valence-electron chi connectivity index (χ2n) is 22.9. The Morgan fingerprint density at radius 1 is 0.284 bits per heavy atom. The number of nitrogens with zero attached hydrogens (tertiary/aromatic N) is 4. The van der Waals surface area contributed by atoms with Crippen LogP contribution in [0.4, 0.5) is 0 Å². The van der Waals surface area contributed by atoms with Crippen LogP contribution >= 0.6 is 0 Å². The SMILES string of the molecule is c1ccc(-c2cc3c4c(c2)-n2c(-c5ccccc5)nc5c6c(cc(c52)B4c2cc4c(c5nc(-c7ccccc7)n-3c25)C2(c3ccccc3-c3ccccc32)c2ccccc2-4)-c2ccccc2C62c3ccccc3-c3ccccc32)cc1. The summed E-state index contributed by atoms with van der Waals surface area (Å²) < 4.78 is 5.13. The average molecular weight is 1020 g/mol. The molecule has 6 aliphatic rings. The second-order valence-corrected chi connectivity index (χ2v) is 22.9. The number of hydrogen-bond donors (Lipinski definition) is 0. The average Bonchev–Trinajstić information content (AvgIpc) is 2.07. The summed E-state index contributed by atoms with van der Waals surface area (Å²) in [6.07, 6.45) is 0. The van der Waals surface area contributed by atoms with Crippen LogP contribution in [0.5, 0.6) is 0 Å². The van der Waals surface area contributed by atoms with E-state index in [9.17, 15) is 0 Å². The van der Waals surface area contributed by atoms with Gasteiger partial charge in [-0.05, 0) is 118 Å². The Kier molecular flexibility index (Phi) is 7.82. The third-order valence-corrected chi connectivity index (χ3v) is 19.5. The van der Waals surface area contributed by atoms with Crippen molar-refractivity contribution in [1.29, 1.82) is 0 Å². The molecule has 12 aromatic carbocycles. The van der Waals surface area contributed by atoms with Gasteiger partial charge in [-0.1, -0.05) is 249 Å². The van der Waals surface area contributed by atoms with Crippen molar-refractivity contribution in [2.75, 3.05) is 0 Å². The maximum Gasteiger partial charge on any atom is 0.252 e. The van der Waals surface area contributed by atoms with E-state index in [0.29, 0.717) is 0 Å². The first-order chi connectivity index (χ1) is 40.2. The van der Waals surface area contributed by atoms with Gasteiger partial charge in [-0.25, -0.2) is 9.97 Å². The Bertz CT molecular complexity index is 4790. The zero-order valence-electron chi connectivity index (χ0n) is 43.7. The minimum atomic E-state index is -0.607. The first-order valence-electron chi connectivity index (χ1n) is 28.4. The summed E-state index contributed by atoms with van der Waals surface area (Å²) >= 11 is 0. The van der Waals surface area contributed by atoms with Gasteiger partial charge in [0.1, 0.15) is 11.6 Å². The topological polar surface area (TPSA) is 35.6 Å². The Morgan fingerprint density at radius 3 is 0.926 bits per heavy atom. The minimum Gasteiger partial charge on any atom is -0.293 e. The molecule has 14 aromatic rings. The zero-order chi connectivity index (χ0) is 52.4. The minimum absolute atomic E-state index is 0.195. The first kappa shape index (κ1) is 42.6. The van der Waals surface area contributed by atoms with Gasteiger partial charge in [0.15, 0.2) is 0 Å². The van der Waals surface area contributed by atoms with Gasteiger partial charge in [-0.15, -0.1) is 0 Å². The lowest BCUT2D eigenvalue weighted by Crippen LogP contribution is -2.59. The Labute approximate surface area is 467 Å². The number of benzene rings is 12. The van der Waals surface area contributed by atoms with Gasteiger partial charge in [0, 0.05) is 33.6 Å². The molecule has 4 nitrogen and oxygen atoms in total. The fraction of sp³-hybridized carbons (Fsp3) is 0.0263. The molecule has 0 saturated heterocycles. The van der Waals surface area contributed by atoms with Crippen molar-refractivity contribution in [3.63, 3.8) is 0 Å². The molecular formula is C76H43BN4. The normalized spacial score (nSPS) is 14.6. The summed E-state index contributed by atoms with van der Waals surface area (Å²) in [7, 11) is 0. The van der Waals surface area contributed by atoms with E-state index in [2.05, 4.69) is 270 Å². The third kappa shape index (κ3) is 4.88. The van der Waals surface area contributed by atoms with Crippen molar-refractivity contribution in [2.24, 2.45) is 0 Å². The second kappa shape index (κ2) is 14.9. The van der Waals surface area contributed by atoms with Crippen LogP contribution in [0, 0.1) is 0 Å². The molecule has 0 amide bonds. The predicted molar refractivity (Wildman–Crippen MR) is 329 cm³/mol. The number of aromatic nitrogens is 4. The van der Waals surface area contributed by atoms with E-state index < -0.39 is 10.8 Å². The van der Waals surface area contributed by atoms with Gasteiger partial charge in [-0.2, -0.15) is 0 Å². The summed E-state index contributed by atoms with van der Waals surface area (Å²) in [4.78, 5) is 12.3. The number of imidazole rings is 2. The van der Waals surface area contributed by atoms with Crippen LogP contribution in [0.3, 0.4) is 0 Å². The maximum atomic E-state index is 6.17. The summed E-state index contributed by atoms with van der Waals surface area (Å²) in [5.74, 6) is 1.87. The molecule has 0 fully saturated rings. The molecule has 0 atom stereocenters. The van der Waals surface area contributed by atoms with Crippen molar-refractivity contribution in [1.82, 2.24) is 19.1 Å². The van der Waals surface area contributed by atoms with Crippen LogP contribution in [-0.2, 0) is 10.8 Å². The molecule has 0 bridgehead atoms. The Morgan fingerprint density at radius 2 is 0.580 bits per heavy atom. The largest absolute Gasteiger partial charge is 0.293 e. The van der Waals surface area contributed by atoms with Gasteiger partial charge in [0.2, 0.25) is 0 Å². The van der Waals surface area contributed by atoms with E-state index in [1.54, 1.807) is 0 Å². The van der Waals surface area contributed by atoms with Crippen molar-refractivity contribution >= 4 is 45.2 Å². The lowest BCUT2D eigenvalue weighted by Gasteiger charge is -2.36. The molecule has 2 aliphatic heterocycles. The molecule has 81 heavy (non-hydrogen) atoms. The van der Waals surface area contributed by atoms with Crippen LogP contribution in [0.15, 0.2) is 261 Å². The van der Waals surface area contributed by atoms with E-state index in [4.69, 9.17) is 9.97 Å². The molecule has 4 aliphatic carbocycles. The highest BCUT2D eigenvalue weighted by molar-refractivity contribution is 7.00. The number of rotatable bonds is 3. The highest BCUT2D eigenvalue weighted by Gasteiger charge is 2.57. The highest BCUT2D eigenvalue weighted by atomic mass is 15.1. The van der Waals surface area contributed by atoms with E-state index in [1.165, 1.54) is 105 Å². The van der Waals surface area contributed by atoms with Crippen molar-refractivity contribution in [2.45, 2.75) is 10.8 Å². The van der Waals surface area contributed by atoms with Crippen LogP contribution in [0.2, 0.25) is 0 Å². The molecule has 0 unspecified atom stereocenters. The predicted octanol–water partition coefficient (Wildman–Crippen LogP) is 15.2. The van der Waals surface area contributed by atoms with Crippen LogP contribution in [0.25, 0.3) is 112 Å². The van der Waals surface area contributed by atoms with Crippen LogP contribution in [0.1, 0.15) is 44.5 Å². The fourth-order valence-electron chi connectivity index (χ4n) is 16.7. The van der Waals surface area contributed by atoms with Gasteiger partial charge < -0.3 is 0 Å². The van der Waals surface area contributed by atoms with E-state index >= 15 is 0 Å². The van der Waals surface area contributed by atoms with Gasteiger partial charge in [0.05, 0.1) is 32.9 Å². The standard InChI is InChI=1S/C76H43BN4/c1-4-22-44(23-5-1)47-40-64-68-65(41-47)81-72-63(43-55-53-33-15-21-39-61(53)76(67(55)70(72)79-74(81)46-26-8-3-9-27-46)58-36-18-12-30-50(58)51-31-13-19-37-59(51)76)77(68)62-42-54-52-32-14-20-38-60(52)75(56-34-16-10-28-48(56)49-29-11-17-35-57(49)75)66(54)69-71(62)80(64)73(78-69)45-24-6-2-7-25-45/h1-43H. The molecule has 2 spiro atoms. The summed E-state index contributed by atoms with van der Waals surface area (Å²) in [6.45, 7) is -0.195. The molecular weight excluding hydrogens is 980 g/mol. The molecule has 0 saturated carbocycles. The van der Waals surface area contributed by atoms with Gasteiger partial charge >= 0.3 is 0 Å². The van der Waals surface area contributed by atoms with Crippen molar-refractivity contribution in [3.05, 3.63) is 305 Å². The van der Waals surface area contributed by atoms with Crippen LogP contribution in [-0.4, -0.2) is 25.8 Å². The van der Waals surface area contributed by atoms with Gasteiger partial charge in [-0.3, -0.25) is 9.13 Å². The highest BCUT2D eigenvalue weighted by Crippen LogP contribution is 2.66. The van der Waals surface area contributed by atoms with E-state index in [-0.39, 0.29) is 6.71 Å². The van der Waals surface area contributed by atoms with Crippen LogP contribution < -0.4 is 16.4 Å². The molecule has 4 heterocycles. The van der Waals surface area contributed by atoms with Crippen molar-refractivity contribution in [3.8, 4) is 89.8 Å². The Balaban J connectivity index is 1.00. The monoisotopic (exact) mass is 1020 g/mol. The lowest BCUT2D eigenvalue weighted by molar-refractivity contribution is 0.799. The Hall–Kier alpha value is -10.4. The van der Waals surface area contributed by atoms with Gasteiger partial charge in [0.25, 0.3) is 6.71 Å². The summed E-state index contributed by atoms with van der Waals surface area (Å²) in [5.41, 5.74) is 34.3. The molecule has 0 N–H and O–H groups in total. The summed E-state index contributed by atoms with van der Waals surface area (Å²) in [6, 6.07) is 98.1. The molecule has 0 radical (unpaired) electrons. The number of hydrogen-bond acceptors (Lipinski definition) is 2. The first-order valence-corrected chi connectivity index (χ1v) is 28.4. The number of fused-ring (bicyclic) bond motifs is 26. The third-order valence-electron chi connectivity index (χ3n) is 19.5. The van der Waals surface area contributed by atoms with E-state index in [1.807, 2.05) is 0 Å². The molecule has 5 heteroatoms. The lowest BCUT2D eigenvalue weighted by atomic mass is 9.34. The zero-order valence-corrected chi connectivity index (χ0v) is 43.7. The van der Waals surface area contributed by atoms with Crippen molar-refractivity contribution < 1.29 is 0 Å². The maximum absolute atomic E-state index is 6.17. The quantitative estimate of drug-likeness (QED) is 0.165. The molecule has 370 valence electrons.